The number of rotatable bonds is 3. The monoisotopic (exact) mass is 243 g/mol. The average molecular weight is 243 g/mol. The molecule has 1 N–H and O–H groups in total. The van der Waals surface area contributed by atoms with E-state index in [2.05, 4.69) is 29.6 Å². The van der Waals surface area contributed by atoms with Gasteiger partial charge in [0.05, 0.1) is 6.61 Å². The molecule has 18 heavy (non-hydrogen) atoms. The van der Waals surface area contributed by atoms with E-state index in [-0.39, 0.29) is 5.91 Å². The van der Waals surface area contributed by atoms with Crippen LogP contribution in [0.2, 0.25) is 0 Å². The van der Waals surface area contributed by atoms with Crippen LogP contribution < -0.4 is 10.1 Å². The molecule has 0 aromatic heterocycles. The van der Waals surface area contributed by atoms with Crippen molar-refractivity contribution in [1.29, 1.82) is 0 Å². The zero-order valence-corrected chi connectivity index (χ0v) is 10.5. The number of carbonyl (C=O) groups is 1. The number of hydrogen-bond donors (Lipinski definition) is 1. The molecule has 1 heterocycles. The highest BCUT2D eigenvalue weighted by molar-refractivity contribution is 5.72. The molecule has 0 saturated heterocycles. The minimum atomic E-state index is 0.0346. The maximum atomic E-state index is 10.9. The highest BCUT2D eigenvalue weighted by Gasteiger charge is 2.28. The number of fused-ring (bicyclic) bond motifs is 3. The molecule has 1 aliphatic carbocycles. The first-order valence-electron chi connectivity index (χ1n) is 6.45. The van der Waals surface area contributed by atoms with Crippen LogP contribution in [0.15, 0.2) is 18.2 Å². The second kappa shape index (κ2) is 4.48. The molecule has 0 bridgehead atoms. The molecule has 3 nitrogen and oxygen atoms in total. The van der Waals surface area contributed by atoms with Crippen molar-refractivity contribution >= 4 is 12.0 Å². The van der Waals surface area contributed by atoms with Crippen molar-refractivity contribution in [2.45, 2.75) is 25.7 Å². The van der Waals surface area contributed by atoms with E-state index in [1.54, 1.807) is 6.92 Å². The summed E-state index contributed by atoms with van der Waals surface area (Å²) < 4.78 is 5.75. The average Bonchev–Trinajstić information content (AvgIpc) is 2.93. The van der Waals surface area contributed by atoms with Crippen molar-refractivity contribution < 1.29 is 9.53 Å². The van der Waals surface area contributed by atoms with Gasteiger partial charge in [0.25, 0.3) is 0 Å². The van der Waals surface area contributed by atoms with E-state index in [0.717, 1.165) is 31.7 Å². The summed E-state index contributed by atoms with van der Waals surface area (Å²) >= 11 is 0. The summed E-state index contributed by atoms with van der Waals surface area (Å²) in [6.45, 7) is 3.01. The van der Waals surface area contributed by atoms with Crippen molar-refractivity contribution in [3.05, 3.63) is 34.9 Å². The third-order valence-electron chi connectivity index (χ3n) is 3.67. The van der Waals surface area contributed by atoms with Gasteiger partial charge in [0.2, 0.25) is 5.91 Å². The topological polar surface area (TPSA) is 38.3 Å². The first-order chi connectivity index (χ1) is 8.75. The van der Waals surface area contributed by atoms with Gasteiger partial charge in [-0.05, 0) is 30.0 Å². The van der Waals surface area contributed by atoms with Gasteiger partial charge in [-0.3, -0.25) is 4.79 Å². The predicted molar refractivity (Wildman–Crippen MR) is 70.7 cm³/mol. The van der Waals surface area contributed by atoms with Crippen LogP contribution in [0.1, 0.15) is 36.0 Å². The standard InChI is InChI=1S/C15H17NO2/c1-10(17)16-8-7-12-9-18-14-6-5-11-3-2-4-13(11)15(12)14/h2,4-6,12H,3,7-9H2,1H3,(H,16,17). The first kappa shape index (κ1) is 11.3. The maximum absolute atomic E-state index is 10.9. The van der Waals surface area contributed by atoms with Crippen LogP contribution in [0.3, 0.4) is 0 Å². The van der Waals surface area contributed by atoms with Gasteiger partial charge in [-0.1, -0.05) is 18.2 Å². The zero-order valence-electron chi connectivity index (χ0n) is 10.5. The number of ether oxygens (including phenoxy) is 1. The second-order valence-corrected chi connectivity index (χ2v) is 4.94. The van der Waals surface area contributed by atoms with Crippen LogP contribution in [0.5, 0.6) is 5.75 Å². The molecule has 1 aromatic rings. The molecule has 1 amide bonds. The molecule has 3 heteroatoms. The molecule has 1 aliphatic heterocycles. The third kappa shape index (κ3) is 1.90. The molecule has 0 radical (unpaired) electrons. The number of amides is 1. The van der Waals surface area contributed by atoms with Crippen LogP contribution in [0.4, 0.5) is 0 Å². The number of carbonyl (C=O) groups excluding carboxylic acids is 1. The van der Waals surface area contributed by atoms with E-state index in [4.69, 9.17) is 4.74 Å². The molecular formula is C15H17NO2. The Morgan fingerprint density at radius 2 is 2.39 bits per heavy atom. The molecule has 0 spiro atoms. The fourth-order valence-electron chi connectivity index (χ4n) is 2.81. The van der Waals surface area contributed by atoms with E-state index in [0.29, 0.717) is 5.92 Å². The summed E-state index contributed by atoms with van der Waals surface area (Å²) in [6, 6.07) is 4.24. The first-order valence-corrected chi connectivity index (χ1v) is 6.45. The predicted octanol–water partition coefficient (Wildman–Crippen LogP) is 2.26. The number of benzene rings is 1. The lowest BCUT2D eigenvalue weighted by Gasteiger charge is -2.12. The zero-order chi connectivity index (χ0) is 12.5. The third-order valence-corrected chi connectivity index (χ3v) is 3.67. The van der Waals surface area contributed by atoms with Crippen LogP contribution >= 0.6 is 0 Å². The number of allylic oxidation sites excluding steroid dienone is 1. The molecule has 1 atom stereocenters. The Balaban J connectivity index is 1.80. The molecule has 1 unspecified atom stereocenters. The minimum absolute atomic E-state index is 0.0346. The Morgan fingerprint density at radius 3 is 3.22 bits per heavy atom. The molecule has 2 aliphatic rings. The van der Waals surface area contributed by atoms with Crippen molar-refractivity contribution in [3.8, 4) is 5.75 Å². The van der Waals surface area contributed by atoms with Crippen LogP contribution in [0.25, 0.3) is 6.08 Å². The molecular weight excluding hydrogens is 226 g/mol. The minimum Gasteiger partial charge on any atom is -0.493 e. The summed E-state index contributed by atoms with van der Waals surface area (Å²) in [5, 5.41) is 2.86. The summed E-state index contributed by atoms with van der Waals surface area (Å²) in [4.78, 5) is 10.9. The fraction of sp³-hybridized carbons (Fsp3) is 0.400. The van der Waals surface area contributed by atoms with Gasteiger partial charge in [-0.25, -0.2) is 0 Å². The highest BCUT2D eigenvalue weighted by atomic mass is 16.5. The Bertz CT molecular complexity index is 519. The SMILES string of the molecule is CC(=O)NCCC1COc2ccc3c(c21)C=CC3. The largest absolute Gasteiger partial charge is 0.493 e. The van der Waals surface area contributed by atoms with Crippen molar-refractivity contribution in [1.82, 2.24) is 5.32 Å². The lowest BCUT2D eigenvalue weighted by Crippen LogP contribution is -2.23. The molecule has 3 rings (SSSR count). The summed E-state index contributed by atoms with van der Waals surface area (Å²) in [5.74, 6) is 1.46. The number of hydrogen-bond acceptors (Lipinski definition) is 2. The lowest BCUT2D eigenvalue weighted by molar-refractivity contribution is -0.118. The summed E-state index contributed by atoms with van der Waals surface area (Å²) in [7, 11) is 0. The fourth-order valence-corrected chi connectivity index (χ4v) is 2.81. The molecule has 0 fully saturated rings. The van der Waals surface area contributed by atoms with Gasteiger partial charge in [0.15, 0.2) is 0 Å². The second-order valence-electron chi connectivity index (χ2n) is 4.94. The van der Waals surface area contributed by atoms with E-state index < -0.39 is 0 Å². The Morgan fingerprint density at radius 1 is 1.50 bits per heavy atom. The summed E-state index contributed by atoms with van der Waals surface area (Å²) in [6.07, 6.45) is 6.38. The quantitative estimate of drug-likeness (QED) is 0.884. The van der Waals surface area contributed by atoms with E-state index in [1.807, 2.05) is 0 Å². The van der Waals surface area contributed by atoms with E-state index >= 15 is 0 Å². The van der Waals surface area contributed by atoms with Gasteiger partial charge in [0.1, 0.15) is 5.75 Å². The van der Waals surface area contributed by atoms with Gasteiger partial charge in [0, 0.05) is 24.9 Å². The van der Waals surface area contributed by atoms with Gasteiger partial charge >= 0.3 is 0 Å². The molecule has 1 aromatic carbocycles. The van der Waals surface area contributed by atoms with Crippen LogP contribution in [-0.2, 0) is 11.2 Å². The van der Waals surface area contributed by atoms with Gasteiger partial charge in [-0.2, -0.15) is 0 Å². The number of nitrogens with one attached hydrogen (secondary N) is 1. The molecule has 0 saturated carbocycles. The smallest absolute Gasteiger partial charge is 0.216 e. The lowest BCUT2D eigenvalue weighted by atomic mass is 9.91. The Hall–Kier alpha value is -1.77. The van der Waals surface area contributed by atoms with Crippen LogP contribution in [0, 0.1) is 0 Å². The Kier molecular flexibility index (Phi) is 2.82. The summed E-state index contributed by atoms with van der Waals surface area (Å²) in [5.41, 5.74) is 4.08. The maximum Gasteiger partial charge on any atom is 0.216 e. The van der Waals surface area contributed by atoms with Crippen molar-refractivity contribution in [2.24, 2.45) is 0 Å². The van der Waals surface area contributed by atoms with Crippen molar-refractivity contribution in [3.63, 3.8) is 0 Å². The normalized spacial score (nSPS) is 19.3. The highest BCUT2D eigenvalue weighted by Crippen LogP contribution is 2.41. The van der Waals surface area contributed by atoms with Gasteiger partial charge in [-0.15, -0.1) is 0 Å². The Labute approximate surface area is 107 Å². The van der Waals surface area contributed by atoms with E-state index in [1.165, 1.54) is 16.7 Å². The van der Waals surface area contributed by atoms with Gasteiger partial charge < -0.3 is 10.1 Å². The van der Waals surface area contributed by atoms with Crippen molar-refractivity contribution in [2.75, 3.05) is 13.2 Å². The van der Waals surface area contributed by atoms with E-state index in [9.17, 15) is 4.79 Å². The van der Waals surface area contributed by atoms with Crippen LogP contribution in [-0.4, -0.2) is 19.1 Å². The molecule has 94 valence electrons.